The Morgan fingerprint density at radius 3 is 2.82 bits per heavy atom. The zero-order valence-corrected chi connectivity index (χ0v) is 12.7. The average Bonchev–Trinajstić information content (AvgIpc) is 2.69. The second kappa shape index (κ2) is 5.38. The molecule has 1 aromatic carbocycles. The number of aryl methyl sites for hydroxylation is 1. The molecule has 90 valence electrons. The first-order valence-corrected chi connectivity index (χ1v) is 7.25. The molecular formula is C12H12BrClN2S. The number of hydrogen-bond acceptors (Lipinski definition) is 3. The summed E-state index contributed by atoms with van der Waals surface area (Å²) in [6.07, 6.45) is 0. The van der Waals surface area contributed by atoms with Crippen LogP contribution in [0.2, 0.25) is 5.02 Å². The van der Waals surface area contributed by atoms with Crippen LogP contribution in [0.4, 0.5) is 5.69 Å². The van der Waals surface area contributed by atoms with Crippen molar-refractivity contribution in [1.82, 2.24) is 4.98 Å². The summed E-state index contributed by atoms with van der Waals surface area (Å²) in [5, 5.41) is 7.21. The molecule has 5 heteroatoms. The van der Waals surface area contributed by atoms with Gasteiger partial charge in [-0.1, -0.05) is 27.5 Å². The molecule has 0 fully saturated rings. The van der Waals surface area contributed by atoms with Gasteiger partial charge in [0.05, 0.1) is 27.5 Å². The van der Waals surface area contributed by atoms with Crippen LogP contribution in [0.3, 0.4) is 0 Å². The van der Waals surface area contributed by atoms with E-state index in [0.717, 1.165) is 20.9 Å². The van der Waals surface area contributed by atoms with Gasteiger partial charge >= 0.3 is 0 Å². The minimum atomic E-state index is 0.152. The van der Waals surface area contributed by atoms with Crippen LogP contribution in [-0.2, 0) is 0 Å². The highest BCUT2D eigenvalue weighted by Crippen LogP contribution is 2.29. The van der Waals surface area contributed by atoms with Crippen LogP contribution in [0.5, 0.6) is 0 Å². The van der Waals surface area contributed by atoms with Crippen LogP contribution in [0.1, 0.15) is 23.7 Å². The van der Waals surface area contributed by atoms with Crippen LogP contribution < -0.4 is 5.32 Å². The van der Waals surface area contributed by atoms with E-state index in [1.807, 2.05) is 25.1 Å². The summed E-state index contributed by atoms with van der Waals surface area (Å²) in [5.74, 6) is 0. The number of thiazole rings is 1. The van der Waals surface area contributed by atoms with Crippen molar-refractivity contribution in [3.8, 4) is 0 Å². The Morgan fingerprint density at radius 2 is 2.24 bits per heavy atom. The van der Waals surface area contributed by atoms with Crippen molar-refractivity contribution < 1.29 is 0 Å². The van der Waals surface area contributed by atoms with Crippen LogP contribution in [0.15, 0.2) is 28.1 Å². The normalized spacial score (nSPS) is 12.5. The highest BCUT2D eigenvalue weighted by molar-refractivity contribution is 9.10. The Labute approximate surface area is 118 Å². The second-order valence-corrected chi connectivity index (χ2v) is 6.17. The van der Waals surface area contributed by atoms with E-state index in [0.29, 0.717) is 5.02 Å². The number of hydrogen-bond donors (Lipinski definition) is 1. The minimum Gasteiger partial charge on any atom is -0.376 e. The van der Waals surface area contributed by atoms with Gasteiger partial charge in [-0.05, 0) is 32.0 Å². The molecule has 0 bridgehead atoms. The lowest BCUT2D eigenvalue weighted by Gasteiger charge is -2.14. The maximum absolute atomic E-state index is 6.16. The summed E-state index contributed by atoms with van der Waals surface area (Å²) >= 11 is 11.2. The summed E-state index contributed by atoms with van der Waals surface area (Å²) in [6, 6.07) is 5.96. The van der Waals surface area contributed by atoms with Gasteiger partial charge in [0.15, 0.2) is 0 Å². The molecule has 1 N–H and O–H groups in total. The van der Waals surface area contributed by atoms with Gasteiger partial charge in [-0.3, -0.25) is 0 Å². The standard InChI is InChI=1S/C12H12BrClN2S/c1-7(12-6-17-8(2)16-12)15-11-4-3-9(13)5-10(11)14/h3-7,15H,1-2H3. The molecule has 0 saturated carbocycles. The molecule has 1 unspecified atom stereocenters. The molecule has 17 heavy (non-hydrogen) atoms. The third-order valence-electron chi connectivity index (χ3n) is 2.38. The second-order valence-electron chi connectivity index (χ2n) is 3.78. The van der Waals surface area contributed by atoms with Crippen molar-refractivity contribution in [2.75, 3.05) is 5.32 Å². The Bertz CT molecular complexity index is 527. The lowest BCUT2D eigenvalue weighted by atomic mass is 10.2. The van der Waals surface area contributed by atoms with E-state index in [2.05, 4.69) is 38.5 Å². The fraction of sp³-hybridized carbons (Fsp3) is 0.250. The third kappa shape index (κ3) is 3.21. The summed E-state index contributed by atoms with van der Waals surface area (Å²) in [5.41, 5.74) is 1.97. The Hall–Kier alpha value is -0.580. The zero-order valence-electron chi connectivity index (χ0n) is 9.50. The molecule has 2 rings (SSSR count). The van der Waals surface area contributed by atoms with Gasteiger partial charge in [0.2, 0.25) is 0 Å². The van der Waals surface area contributed by atoms with Gasteiger partial charge < -0.3 is 5.32 Å². The molecule has 0 radical (unpaired) electrons. The van der Waals surface area contributed by atoms with Crippen molar-refractivity contribution in [3.63, 3.8) is 0 Å². The quantitative estimate of drug-likeness (QED) is 0.852. The van der Waals surface area contributed by atoms with Gasteiger partial charge in [-0.25, -0.2) is 4.98 Å². The molecule has 1 atom stereocenters. The van der Waals surface area contributed by atoms with Crippen LogP contribution in [0, 0.1) is 6.92 Å². The van der Waals surface area contributed by atoms with E-state index in [-0.39, 0.29) is 6.04 Å². The minimum absolute atomic E-state index is 0.152. The molecule has 0 spiro atoms. The van der Waals surface area contributed by atoms with E-state index in [1.54, 1.807) is 11.3 Å². The molecule has 0 amide bonds. The predicted octanol–water partition coefficient (Wildman–Crippen LogP) is 5.04. The van der Waals surface area contributed by atoms with E-state index >= 15 is 0 Å². The number of benzene rings is 1. The van der Waals surface area contributed by atoms with Crippen LogP contribution in [0.25, 0.3) is 0 Å². The van der Waals surface area contributed by atoms with Crippen molar-refractivity contribution in [3.05, 3.63) is 43.8 Å². The molecule has 0 aliphatic heterocycles. The van der Waals surface area contributed by atoms with Gasteiger partial charge in [0, 0.05) is 9.85 Å². The maximum atomic E-state index is 6.16. The van der Waals surface area contributed by atoms with E-state index in [1.165, 1.54) is 0 Å². The fourth-order valence-electron chi connectivity index (χ4n) is 1.49. The lowest BCUT2D eigenvalue weighted by Crippen LogP contribution is -2.07. The first-order chi connectivity index (χ1) is 8.06. The van der Waals surface area contributed by atoms with E-state index in [9.17, 15) is 0 Å². The van der Waals surface area contributed by atoms with Gasteiger partial charge in [0.1, 0.15) is 0 Å². The number of nitrogens with zero attached hydrogens (tertiary/aromatic N) is 1. The number of halogens is 2. The van der Waals surface area contributed by atoms with Gasteiger partial charge in [-0.2, -0.15) is 0 Å². The molecule has 1 aromatic heterocycles. The highest BCUT2D eigenvalue weighted by atomic mass is 79.9. The van der Waals surface area contributed by atoms with Crippen molar-refractivity contribution in [1.29, 1.82) is 0 Å². The first kappa shape index (κ1) is 12.9. The molecule has 0 saturated heterocycles. The summed E-state index contributed by atoms with van der Waals surface area (Å²) < 4.78 is 0.977. The molecular weight excluding hydrogens is 320 g/mol. The first-order valence-electron chi connectivity index (χ1n) is 5.20. The molecule has 0 aliphatic rings. The highest BCUT2D eigenvalue weighted by Gasteiger charge is 2.10. The predicted molar refractivity (Wildman–Crippen MR) is 78.0 cm³/mol. The lowest BCUT2D eigenvalue weighted by molar-refractivity contribution is 0.845. The number of rotatable bonds is 3. The Morgan fingerprint density at radius 1 is 1.47 bits per heavy atom. The summed E-state index contributed by atoms with van der Waals surface area (Å²) in [7, 11) is 0. The van der Waals surface area contributed by atoms with Crippen LogP contribution >= 0.6 is 38.9 Å². The Kier molecular flexibility index (Phi) is 4.07. The number of anilines is 1. The van der Waals surface area contributed by atoms with Crippen molar-refractivity contribution in [2.45, 2.75) is 19.9 Å². The van der Waals surface area contributed by atoms with Crippen molar-refractivity contribution in [2.24, 2.45) is 0 Å². The molecule has 2 aromatic rings. The van der Waals surface area contributed by atoms with Gasteiger partial charge in [-0.15, -0.1) is 11.3 Å². The monoisotopic (exact) mass is 330 g/mol. The van der Waals surface area contributed by atoms with Crippen LogP contribution in [-0.4, -0.2) is 4.98 Å². The van der Waals surface area contributed by atoms with E-state index < -0.39 is 0 Å². The Balaban J connectivity index is 2.15. The third-order valence-corrected chi connectivity index (χ3v) is 3.98. The van der Waals surface area contributed by atoms with E-state index in [4.69, 9.17) is 11.6 Å². The average molecular weight is 332 g/mol. The summed E-state index contributed by atoms with van der Waals surface area (Å²) in [4.78, 5) is 4.46. The smallest absolute Gasteiger partial charge is 0.0898 e. The summed E-state index contributed by atoms with van der Waals surface area (Å²) in [6.45, 7) is 4.08. The topological polar surface area (TPSA) is 24.9 Å². The SMILES string of the molecule is Cc1nc(C(C)Nc2ccc(Br)cc2Cl)cs1. The zero-order chi connectivity index (χ0) is 12.4. The number of nitrogens with one attached hydrogen (secondary N) is 1. The van der Waals surface area contributed by atoms with Crippen molar-refractivity contribution >= 4 is 44.6 Å². The molecule has 2 nitrogen and oxygen atoms in total. The largest absolute Gasteiger partial charge is 0.376 e. The molecule has 1 heterocycles. The number of aromatic nitrogens is 1. The fourth-order valence-corrected chi connectivity index (χ4v) is 2.93. The maximum Gasteiger partial charge on any atom is 0.0898 e. The van der Waals surface area contributed by atoms with Gasteiger partial charge in [0.25, 0.3) is 0 Å². The molecule has 0 aliphatic carbocycles.